The van der Waals surface area contributed by atoms with Gasteiger partial charge in [0.25, 0.3) is 6.43 Å². The van der Waals surface area contributed by atoms with E-state index >= 15 is 0 Å². The van der Waals surface area contributed by atoms with Gasteiger partial charge in [-0.2, -0.15) is 50.8 Å². The SMILES string of the molecule is Cc1cccc2cccc(N3CCc4c(nc(OC[C@@H]5CC(c6cc(N7CCc8c(nc(OC[C@@H]9CC(c%10cc(N%11CCc%12c(nc(OC[C@@H]%13CCCN%13C)nc%12N%12CCN(C(=O)/C=C/c%13cccnc%13)[C@@H](CC#N)C%12)C%11)c%11ccccc%11c%10)CN9C)nc8N8CCN(C(=O)/C=C/C(F)F)[C@@H](CC#N)C8)C7)c7c(C)cccc7c6)CN5C)nc4N4CCN(C(=O)/C=C/c5cnn(C)c5)[C@@H](CC#N)C4)C3)c12. The zero-order valence-corrected chi connectivity index (χ0v) is 80.3. The van der Waals surface area contributed by atoms with Crippen LogP contribution in [0.5, 0.6) is 18.0 Å². The second-order valence-corrected chi connectivity index (χ2v) is 39.0. The van der Waals surface area contributed by atoms with Crippen LogP contribution in [0.15, 0.2) is 164 Å². The Labute approximate surface area is 815 Å². The van der Waals surface area contributed by atoms with Crippen molar-refractivity contribution in [1.29, 1.82) is 15.8 Å². The Morgan fingerprint density at radius 2 is 0.914 bits per heavy atom. The average Bonchev–Trinajstić information content (AvgIpc) is 1.07. The highest BCUT2D eigenvalue weighted by Gasteiger charge is 2.42. The largest absolute Gasteiger partial charge is 0.462 e. The van der Waals surface area contributed by atoms with E-state index in [9.17, 15) is 39.0 Å². The highest BCUT2D eigenvalue weighted by atomic mass is 19.3. The summed E-state index contributed by atoms with van der Waals surface area (Å²) in [5.74, 6) is 1.59. The summed E-state index contributed by atoms with van der Waals surface area (Å²) in [5.41, 5.74) is 15.4. The Kier molecular flexibility index (Phi) is 27.4. The molecule has 8 atom stereocenters. The van der Waals surface area contributed by atoms with Gasteiger partial charge in [-0.05, 0) is 185 Å². The summed E-state index contributed by atoms with van der Waals surface area (Å²) in [6.07, 6.45) is 18.2. The van der Waals surface area contributed by atoms with Gasteiger partial charge in [-0.1, -0.05) is 91.0 Å². The van der Waals surface area contributed by atoms with Gasteiger partial charge in [0.05, 0.1) is 98.5 Å². The van der Waals surface area contributed by atoms with Gasteiger partial charge < -0.3 is 63.2 Å². The predicted octanol–water partition coefficient (Wildman–Crippen LogP) is 13.2. The van der Waals surface area contributed by atoms with Crippen LogP contribution in [0.3, 0.4) is 0 Å². The van der Waals surface area contributed by atoms with Crippen LogP contribution < -0.4 is 43.6 Å². The molecule has 6 saturated heterocycles. The lowest BCUT2D eigenvalue weighted by Crippen LogP contribution is -2.55. The molecule has 6 fully saturated rings. The number of rotatable bonds is 26. The van der Waals surface area contributed by atoms with E-state index in [1.165, 1.54) is 32.4 Å². The number of likely N-dealkylation sites (tertiary alicyclic amines) is 3. The number of ether oxygens (including phenoxy) is 3. The molecule has 9 aliphatic heterocycles. The first-order valence-corrected chi connectivity index (χ1v) is 49.2. The molecule has 0 bridgehead atoms. The van der Waals surface area contributed by atoms with Gasteiger partial charge in [0, 0.05) is 209 Å². The zero-order chi connectivity index (χ0) is 96.3. The molecular formula is C108H118F2N24O6. The third-order valence-electron chi connectivity index (χ3n) is 30.2. The molecule has 30 nitrogen and oxygen atoms in total. The predicted molar refractivity (Wildman–Crippen MR) is 536 cm³/mol. The molecule has 0 N–H and O–H groups in total. The number of piperazine rings is 3. The number of nitriles is 3. The van der Waals surface area contributed by atoms with Crippen LogP contribution in [-0.4, -0.2) is 274 Å². The number of benzene rings is 6. The number of hydrogen-bond donors (Lipinski definition) is 0. The van der Waals surface area contributed by atoms with Crippen molar-refractivity contribution >= 4 is 96.7 Å². The van der Waals surface area contributed by atoms with E-state index in [1.807, 2.05) is 35.2 Å². The summed E-state index contributed by atoms with van der Waals surface area (Å²) in [7, 11) is 8.29. The molecule has 20 rings (SSSR count). The van der Waals surface area contributed by atoms with Crippen molar-refractivity contribution in [2.75, 3.05) is 169 Å². The molecule has 32 heteroatoms. The van der Waals surface area contributed by atoms with E-state index < -0.39 is 24.4 Å². The molecule has 0 spiro atoms. The average molecular weight is 1890 g/mol. The molecule has 11 aromatic rings. The zero-order valence-electron chi connectivity index (χ0n) is 80.3. The first-order valence-electron chi connectivity index (χ1n) is 49.2. The molecule has 2 unspecified atom stereocenters. The number of hydrogen-bond acceptors (Lipinski definition) is 26. The molecule has 6 aromatic carbocycles. The number of allylic oxidation sites excluding steroid dienone is 1. The summed E-state index contributed by atoms with van der Waals surface area (Å²) >= 11 is 0. The van der Waals surface area contributed by atoms with Gasteiger partial charge in [0.15, 0.2) is 0 Å². The Morgan fingerprint density at radius 1 is 0.450 bits per heavy atom. The van der Waals surface area contributed by atoms with Gasteiger partial charge in [-0.25, -0.2) is 8.78 Å². The minimum absolute atomic E-state index is 0.00996. The quantitative estimate of drug-likeness (QED) is 0.0455. The first-order chi connectivity index (χ1) is 68.2. The number of likely N-dealkylation sites (N-methyl/N-ethyl adjacent to an activating group) is 3. The van der Waals surface area contributed by atoms with Crippen LogP contribution in [0, 0.1) is 47.8 Å². The number of carbonyl (C=O) groups excluding carboxylic acids is 3. The van der Waals surface area contributed by atoms with Gasteiger partial charge in [0.2, 0.25) is 17.7 Å². The second-order valence-electron chi connectivity index (χ2n) is 39.0. The molecule has 140 heavy (non-hydrogen) atoms. The number of pyridine rings is 1. The van der Waals surface area contributed by atoms with Crippen LogP contribution >= 0.6 is 0 Å². The third-order valence-corrected chi connectivity index (χ3v) is 30.2. The maximum Gasteiger partial charge on any atom is 0.318 e. The highest BCUT2D eigenvalue weighted by molar-refractivity contribution is 6.00. The van der Waals surface area contributed by atoms with Crippen molar-refractivity contribution in [3.63, 3.8) is 0 Å². The molecule has 3 amide bonds. The van der Waals surface area contributed by atoms with E-state index in [-0.39, 0.29) is 92.8 Å². The van der Waals surface area contributed by atoms with E-state index in [0.717, 1.165) is 159 Å². The van der Waals surface area contributed by atoms with Gasteiger partial charge in [-0.15, -0.1) is 0 Å². The van der Waals surface area contributed by atoms with Gasteiger partial charge in [-0.3, -0.25) is 33.8 Å². The van der Waals surface area contributed by atoms with Crippen LogP contribution in [0.4, 0.5) is 43.3 Å². The number of anilines is 6. The van der Waals surface area contributed by atoms with Crippen molar-refractivity contribution in [1.82, 2.24) is 74.1 Å². The number of halogens is 2. The van der Waals surface area contributed by atoms with Gasteiger partial charge >= 0.3 is 18.0 Å². The molecular weight excluding hydrogens is 1770 g/mol. The van der Waals surface area contributed by atoms with Crippen LogP contribution in [0.2, 0.25) is 0 Å². The number of aromatic nitrogens is 9. The number of carbonyl (C=O) groups is 3. The van der Waals surface area contributed by atoms with E-state index in [0.29, 0.717) is 135 Å². The lowest BCUT2D eigenvalue weighted by atomic mass is 9.91. The molecule has 0 saturated carbocycles. The van der Waals surface area contributed by atoms with Gasteiger partial charge in [0.1, 0.15) is 37.3 Å². The Morgan fingerprint density at radius 3 is 1.41 bits per heavy atom. The second kappa shape index (κ2) is 41.0. The number of nitrogens with zero attached hydrogens (tertiary/aromatic N) is 24. The maximum absolute atomic E-state index is 14.0. The molecule has 14 heterocycles. The molecule has 5 aromatic heterocycles. The fourth-order valence-electron chi connectivity index (χ4n) is 22.8. The Balaban J connectivity index is 0.559. The number of aryl methyl sites for hydroxylation is 3. The van der Waals surface area contributed by atoms with Crippen molar-refractivity contribution < 1.29 is 37.4 Å². The minimum atomic E-state index is -2.81. The third kappa shape index (κ3) is 19.8. The standard InChI is InChI=1S/C108H118F2N24O6/c1-70-14-9-18-74-19-11-23-94(101(70)74)126-41-33-88-91(64-126)116-107(120-103(88)129-45-48-133(82(62-129)31-37-112)99(136)28-25-73-57-115-125(6)58-73)139-69-86-53-80(60-124(86)5)78-51-76-20-10-15-71(2)102(76)96(55-78)128-43-35-90-93(66-128)118-108(121-105(90)131-46-49-134(83(63-131)32-38-113)100(137)29-26-97(109)110)140-68-85-52-79(59-123(85)4)77-50-75-17-7-8-22-87(75)95(54-77)127-42-34-89-92(65-127)117-106(138-67-84-21-13-40-122(84)3)119-104(89)130-44-47-132(81(61-130)30-36-111)98(135)27-24-72-16-12-39-114-56-72/h7-12,14-20,22-29,39,50-51,54-58,79-86,97H,13,21,30-35,40-49,52-53,59-69H2,1-6H3/b27-24+,28-25+,29-26+/t79?,80?,81-,82-,83-,84-,85-,86-/m0/s1. The molecule has 0 aliphatic carbocycles. The van der Waals surface area contributed by atoms with Crippen molar-refractivity contribution in [2.24, 2.45) is 7.05 Å². The maximum atomic E-state index is 14.0. The van der Waals surface area contributed by atoms with E-state index in [4.69, 9.17) is 44.1 Å². The van der Waals surface area contributed by atoms with Crippen molar-refractivity contribution in [2.45, 2.75) is 152 Å². The topological polar surface area (TPSA) is 297 Å². The van der Waals surface area contributed by atoms with Crippen molar-refractivity contribution in [3.05, 3.63) is 232 Å². The van der Waals surface area contributed by atoms with Crippen LogP contribution in [0.1, 0.15) is 124 Å². The number of amides is 3. The smallest absolute Gasteiger partial charge is 0.318 e. The van der Waals surface area contributed by atoms with E-state index in [2.05, 4.69) is 211 Å². The Hall–Kier alpha value is -14.3. The number of fused-ring (bicyclic) bond motifs is 6. The summed E-state index contributed by atoms with van der Waals surface area (Å²) in [5, 5.41) is 42.0. The summed E-state index contributed by atoms with van der Waals surface area (Å²) in [4.78, 5) is 104. The summed E-state index contributed by atoms with van der Waals surface area (Å²) < 4.78 is 49.5. The number of alkyl halides is 2. The van der Waals surface area contributed by atoms with Crippen LogP contribution in [-0.2, 0) is 60.3 Å². The molecule has 720 valence electrons. The Bertz CT molecular complexity index is 6730. The lowest BCUT2D eigenvalue weighted by molar-refractivity contribution is -0.129. The lowest BCUT2D eigenvalue weighted by Gasteiger charge is -2.42. The minimum Gasteiger partial charge on any atom is -0.462 e. The molecule has 9 aliphatic rings. The fraction of sp³-hybridized carbons (Fsp3) is 0.426. The van der Waals surface area contributed by atoms with E-state index in [1.54, 1.807) is 47.6 Å². The van der Waals surface area contributed by atoms with Crippen LogP contribution in [0.25, 0.3) is 44.5 Å². The fourth-order valence-corrected chi connectivity index (χ4v) is 22.8. The summed E-state index contributed by atoms with van der Waals surface area (Å²) in [6.45, 7) is 14.8. The monoisotopic (exact) mass is 1880 g/mol. The normalized spacial score (nSPS) is 21.6. The van der Waals surface area contributed by atoms with Crippen molar-refractivity contribution in [3.8, 4) is 36.2 Å². The first kappa shape index (κ1) is 93.4. The molecule has 0 radical (unpaired) electrons. The summed E-state index contributed by atoms with van der Waals surface area (Å²) in [6, 6.07) is 47.9. The highest BCUT2D eigenvalue weighted by Crippen LogP contribution is 2.46.